The minimum Gasteiger partial charge on any atom is -0.477 e. The Balaban J connectivity index is 2.27. The van der Waals surface area contributed by atoms with Gasteiger partial charge in [-0.25, -0.2) is 4.79 Å². The molecule has 0 atom stereocenters. The van der Waals surface area contributed by atoms with Crippen molar-refractivity contribution in [3.63, 3.8) is 0 Å². The maximum atomic E-state index is 10.9. The number of hydrogen-bond donors (Lipinski definition) is 1. The van der Waals surface area contributed by atoms with Crippen LogP contribution in [0.2, 0.25) is 0 Å². The van der Waals surface area contributed by atoms with E-state index >= 15 is 0 Å². The van der Waals surface area contributed by atoms with Gasteiger partial charge in [0.2, 0.25) is 0 Å². The van der Waals surface area contributed by atoms with Gasteiger partial charge in [0.15, 0.2) is 0 Å². The predicted octanol–water partition coefficient (Wildman–Crippen LogP) is 3.41. The molecule has 0 aliphatic heterocycles. The Morgan fingerprint density at radius 1 is 1.50 bits per heavy atom. The van der Waals surface area contributed by atoms with Gasteiger partial charge in [0.1, 0.15) is 4.88 Å². The lowest BCUT2D eigenvalue weighted by atomic mass is 10.1. The Morgan fingerprint density at radius 2 is 2.14 bits per heavy atom. The summed E-state index contributed by atoms with van der Waals surface area (Å²) in [5.41, 5.74) is 0.921. The third-order valence-corrected chi connectivity index (χ3v) is 4.28. The molecule has 1 aliphatic carbocycles. The second-order valence-electron chi connectivity index (χ2n) is 3.95. The van der Waals surface area contributed by atoms with Crippen molar-refractivity contribution in [2.45, 2.75) is 38.5 Å². The molecule has 0 spiro atoms. The van der Waals surface area contributed by atoms with Gasteiger partial charge in [0, 0.05) is 4.88 Å². The highest BCUT2D eigenvalue weighted by molar-refractivity contribution is 7.14. The van der Waals surface area contributed by atoms with Gasteiger partial charge in [-0.15, -0.1) is 11.3 Å². The first kappa shape index (κ1) is 9.71. The van der Waals surface area contributed by atoms with Crippen molar-refractivity contribution in [3.05, 3.63) is 21.4 Å². The van der Waals surface area contributed by atoms with Gasteiger partial charge in [-0.3, -0.25) is 0 Å². The van der Waals surface area contributed by atoms with Crippen molar-refractivity contribution in [1.29, 1.82) is 0 Å². The number of carbonyl (C=O) groups is 1. The fraction of sp³-hybridized carbons (Fsp3) is 0.545. The molecular formula is C11H14O2S. The zero-order chi connectivity index (χ0) is 10.1. The summed E-state index contributed by atoms with van der Waals surface area (Å²) in [5, 5.41) is 8.93. The molecule has 1 heterocycles. The molecule has 1 aromatic heterocycles. The van der Waals surface area contributed by atoms with Gasteiger partial charge in [-0.05, 0) is 37.3 Å². The van der Waals surface area contributed by atoms with E-state index in [2.05, 4.69) is 6.07 Å². The van der Waals surface area contributed by atoms with Crippen LogP contribution in [0, 0.1) is 6.92 Å². The van der Waals surface area contributed by atoms with Crippen LogP contribution in [-0.2, 0) is 0 Å². The largest absolute Gasteiger partial charge is 0.477 e. The number of aromatic carboxylic acids is 1. The lowest BCUT2D eigenvalue weighted by Gasteiger charge is -2.03. The number of aryl methyl sites for hydroxylation is 1. The molecule has 76 valence electrons. The highest BCUT2D eigenvalue weighted by atomic mass is 32.1. The Labute approximate surface area is 87.6 Å². The maximum Gasteiger partial charge on any atom is 0.346 e. The molecule has 1 saturated carbocycles. The molecule has 1 fully saturated rings. The number of carboxylic acid groups (broad SMARTS) is 1. The first-order valence-electron chi connectivity index (χ1n) is 5.02. The van der Waals surface area contributed by atoms with Crippen LogP contribution in [0.5, 0.6) is 0 Å². The van der Waals surface area contributed by atoms with Crippen molar-refractivity contribution in [2.75, 3.05) is 0 Å². The quantitative estimate of drug-likeness (QED) is 0.812. The monoisotopic (exact) mass is 210 g/mol. The summed E-state index contributed by atoms with van der Waals surface area (Å²) in [6.07, 6.45) is 5.06. The minimum absolute atomic E-state index is 0.520. The molecule has 0 radical (unpaired) electrons. The fourth-order valence-corrected chi connectivity index (χ4v) is 3.31. The zero-order valence-corrected chi connectivity index (χ0v) is 9.06. The first-order valence-corrected chi connectivity index (χ1v) is 5.83. The maximum absolute atomic E-state index is 10.9. The van der Waals surface area contributed by atoms with Crippen LogP contribution in [-0.4, -0.2) is 11.1 Å². The van der Waals surface area contributed by atoms with Crippen LogP contribution in [0.25, 0.3) is 0 Å². The van der Waals surface area contributed by atoms with Crippen molar-refractivity contribution < 1.29 is 9.90 Å². The fourth-order valence-electron chi connectivity index (χ4n) is 2.13. The van der Waals surface area contributed by atoms with E-state index in [1.54, 1.807) is 0 Å². The number of hydrogen-bond acceptors (Lipinski definition) is 2. The van der Waals surface area contributed by atoms with E-state index < -0.39 is 5.97 Å². The average Bonchev–Trinajstić information content (AvgIpc) is 2.70. The Hall–Kier alpha value is -0.830. The van der Waals surface area contributed by atoms with Crippen LogP contribution in [0.1, 0.15) is 51.7 Å². The lowest BCUT2D eigenvalue weighted by molar-refractivity contribution is 0.0701. The topological polar surface area (TPSA) is 37.3 Å². The van der Waals surface area contributed by atoms with Gasteiger partial charge in [0.05, 0.1) is 0 Å². The van der Waals surface area contributed by atoms with E-state index in [-0.39, 0.29) is 0 Å². The van der Waals surface area contributed by atoms with E-state index in [9.17, 15) is 4.79 Å². The molecule has 0 bridgehead atoms. The Kier molecular flexibility index (Phi) is 2.59. The molecule has 0 unspecified atom stereocenters. The van der Waals surface area contributed by atoms with Gasteiger partial charge in [-0.1, -0.05) is 12.8 Å². The molecule has 14 heavy (non-hydrogen) atoms. The summed E-state index contributed by atoms with van der Waals surface area (Å²) >= 11 is 1.47. The number of rotatable bonds is 2. The molecule has 1 aliphatic rings. The smallest absolute Gasteiger partial charge is 0.346 e. The Morgan fingerprint density at radius 3 is 2.64 bits per heavy atom. The van der Waals surface area contributed by atoms with Gasteiger partial charge >= 0.3 is 5.97 Å². The molecule has 0 amide bonds. The summed E-state index contributed by atoms with van der Waals surface area (Å²) in [5.74, 6) is -0.149. The van der Waals surface area contributed by atoms with E-state index in [0.29, 0.717) is 10.8 Å². The summed E-state index contributed by atoms with van der Waals surface area (Å²) in [6.45, 7) is 1.89. The average molecular weight is 210 g/mol. The second-order valence-corrected chi connectivity index (χ2v) is 5.03. The number of thiophene rings is 1. The summed E-state index contributed by atoms with van der Waals surface area (Å²) < 4.78 is 0. The molecule has 3 heteroatoms. The van der Waals surface area contributed by atoms with Crippen LogP contribution >= 0.6 is 11.3 Å². The van der Waals surface area contributed by atoms with Gasteiger partial charge in [0.25, 0.3) is 0 Å². The standard InChI is InChI=1S/C11H14O2S/c1-7-6-9(8-4-2-3-5-8)14-10(7)11(12)13/h6,8H,2-5H2,1H3,(H,12,13). The zero-order valence-electron chi connectivity index (χ0n) is 8.25. The van der Waals surface area contributed by atoms with Gasteiger partial charge in [-0.2, -0.15) is 0 Å². The SMILES string of the molecule is Cc1cc(C2CCCC2)sc1C(=O)O. The highest BCUT2D eigenvalue weighted by Crippen LogP contribution is 2.38. The van der Waals surface area contributed by atoms with E-state index in [1.165, 1.54) is 41.9 Å². The van der Waals surface area contributed by atoms with E-state index in [1.807, 2.05) is 6.92 Å². The Bertz CT molecular complexity index is 348. The summed E-state index contributed by atoms with van der Waals surface area (Å²) in [7, 11) is 0. The first-order chi connectivity index (χ1) is 6.68. The van der Waals surface area contributed by atoms with Crippen molar-refractivity contribution in [3.8, 4) is 0 Å². The van der Waals surface area contributed by atoms with Crippen LogP contribution in [0.4, 0.5) is 0 Å². The van der Waals surface area contributed by atoms with Crippen molar-refractivity contribution in [1.82, 2.24) is 0 Å². The molecular weight excluding hydrogens is 196 g/mol. The molecule has 1 N–H and O–H groups in total. The number of carboxylic acids is 1. The normalized spacial score (nSPS) is 17.5. The lowest BCUT2D eigenvalue weighted by Crippen LogP contribution is -1.93. The third-order valence-electron chi connectivity index (χ3n) is 2.89. The second kappa shape index (κ2) is 3.73. The highest BCUT2D eigenvalue weighted by Gasteiger charge is 2.21. The molecule has 1 aromatic rings. The van der Waals surface area contributed by atoms with Crippen molar-refractivity contribution in [2.24, 2.45) is 0 Å². The minimum atomic E-state index is -0.781. The molecule has 2 nitrogen and oxygen atoms in total. The van der Waals surface area contributed by atoms with Crippen LogP contribution in [0.3, 0.4) is 0 Å². The van der Waals surface area contributed by atoms with Gasteiger partial charge < -0.3 is 5.11 Å². The van der Waals surface area contributed by atoms with E-state index in [4.69, 9.17) is 5.11 Å². The molecule has 2 rings (SSSR count). The third kappa shape index (κ3) is 1.69. The summed E-state index contributed by atoms with van der Waals surface area (Å²) in [4.78, 5) is 12.7. The predicted molar refractivity (Wildman–Crippen MR) is 57.2 cm³/mol. The molecule has 0 saturated heterocycles. The van der Waals surface area contributed by atoms with Crippen molar-refractivity contribution >= 4 is 17.3 Å². The van der Waals surface area contributed by atoms with Crippen LogP contribution < -0.4 is 0 Å². The van der Waals surface area contributed by atoms with E-state index in [0.717, 1.165) is 5.56 Å². The van der Waals surface area contributed by atoms with Crippen LogP contribution in [0.15, 0.2) is 6.07 Å². The molecule has 0 aromatic carbocycles. The summed E-state index contributed by atoms with van der Waals surface area (Å²) in [6, 6.07) is 2.06.